The van der Waals surface area contributed by atoms with Gasteiger partial charge >= 0.3 is 8.56 Å². The third kappa shape index (κ3) is 2.94. The minimum absolute atomic E-state index is 0.866. The van der Waals surface area contributed by atoms with Crippen LogP contribution in [0.5, 0.6) is 5.75 Å². The predicted octanol–water partition coefficient (Wildman–Crippen LogP) is 3.45. The molecule has 0 N–H and O–H groups in total. The van der Waals surface area contributed by atoms with E-state index in [2.05, 4.69) is 20.0 Å². The molecular weight excluding hydrogens is 204 g/mol. The Kier molecular flexibility index (Phi) is 4.12. The predicted molar refractivity (Wildman–Crippen MR) is 66.3 cm³/mol. The van der Waals surface area contributed by atoms with Gasteiger partial charge in [0.15, 0.2) is 0 Å². The van der Waals surface area contributed by atoms with Gasteiger partial charge in [-0.1, -0.05) is 37.8 Å². The molecule has 15 heavy (non-hydrogen) atoms. The van der Waals surface area contributed by atoms with Crippen LogP contribution in [0, 0.1) is 0 Å². The molecule has 0 saturated carbocycles. The maximum Gasteiger partial charge on any atom is 0.395 e. The quantitative estimate of drug-likeness (QED) is 0.710. The normalized spacial score (nSPS) is 14.3. The zero-order valence-corrected chi connectivity index (χ0v) is 10.6. The van der Waals surface area contributed by atoms with Crippen molar-refractivity contribution >= 4 is 14.6 Å². The average Bonchev–Trinajstić information content (AvgIpc) is 2.29. The van der Waals surface area contributed by atoms with Crippen LogP contribution in [0.25, 0.3) is 6.08 Å². The summed E-state index contributed by atoms with van der Waals surface area (Å²) in [7, 11) is -0.319. The topological polar surface area (TPSA) is 18.5 Å². The average molecular weight is 222 g/mol. The first-order valence-electron chi connectivity index (χ1n) is 5.11. The van der Waals surface area contributed by atoms with Crippen LogP contribution in [0.15, 0.2) is 30.8 Å². The summed E-state index contributed by atoms with van der Waals surface area (Å²) in [6.45, 7) is 7.92. The summed E-state index contributed by atoms with van der Waals surface area (Å²) in [5.74, 6) is 0.866. The second-order valence-corrected chi connectivity index (χ2v) is 7.12. The lowest BCUT2D eigenvalue weighted by Crippen LogP contribution is -2.40. The standard InChI is InChI=1S/C12H18O2Si/c1-5-11-9-7-8-10-12(11)14-15(4,6-2)13-3/h5,7-10H,1,6H2,2-4H3. The van der Waals surface area contributed by atoms with Gasteiger partial charge in [-0.25, -0.2) is 0 Å². The molecule has 0 aliphatic heterocycles. The van der Waals surface area contributed by atoms with Gasteiger partial charge in [0, 0.05) is 12.7 Å². The van der Waals surface area contributed by atoms with Crippen LogP contribution in [-0.2, 0) is 4.43 Å². The van der Waals surface area contributed by atoms with Gasteiger partial charge in [0.1, 0.15) is 5.75 Å². The van der Waals surface area contributed by atoms with Gasteiger partial charge in [0.2, 0.25) is 0 Å². The Bertz CT molecular complexity index is 332. The van der Waals surface area contributed by atoms with E-state index in [-0.39, 0.29) is 0 Å². The molecule has 0 aromatic heterocycles. The fourth-order valence-electron chi connectivity index (χ4n) is 1.23. The highest BCUT2D eigenvalue weighted by Gasteiger charge is 2.30. The highest BCUT2D eigenvalue weighted by Crippen LogP contribution is 2.24. The molecule has 1 rings (SSSR count). The lowest BCUT2D eigenvalue weighted by atomic mass is 10.2. The fourth-order valence-corrected chi connectivity index (χ4v) is 2.40. The third-order valence-corrected chi connectivity index (χ3v) is 5.34. The molecule has 1 unspecified atom stereocenters. The van der Waals surface area contributed by atoms with Gasteiger partial charge in [-0.2, -0.15) is 0 Å². The summed E-state index contributed by atoms with van der Waals surface area (Å²) in [6, 6.07) is 8.80. The lowest BCUT2D eigenvalue weighted by Gasteiger charge is -2.25. The number of hydrogen-bond donors (Lipinski definition) is 0. The molecule has 82 valence electrons. The van der Waals surface area contributed by atoms with Gasteiger partial charge in [-0.3, -0.25) is 0 Å². The largest absolute Gasteiger partial charge is 0.520 e. The van der Waals surface area contributed by atoms with Crippen molar-refractivity contribution in [3.63, 3.8) is 0 Å². The summed E-state index contributed by atoms with van der Waals surface area (Å²) in [5, 5.41) is 0. The molecule has 2 nitrogen and oxygen atoms in total. The second-order valence-electron chi connectivity index (χ2n) is 3.54. The highest BCUT2D eigenvalue weighted by molar-refractivity contribution is 6.66. The van der Waals surface area contributed by atoms with Crippen molar-refractivity contribution in [1.29, 1.82) is 0 Å². The van der Waals surface area contributed by atoms with Crippen molar-refractivity contribution < 1.29 is 8.85 Å². The van der Waals surface area contributed by atoms with E-state index in [1.54, 1.807) is 13.2 Å². The third-order valence-electron chi connectivity index (χ3n) is 2.54. The Labute approximate surface area is 92.8 Å². The summed E-state index contributed by atoms with van der Waals surface area (Å²) in [5.41, 5.74) is 1.02. The summed E-state index contributed by atoms with van der Waals surface area (Å²) in [4.78, 5) is 0. The Morgan fingerprint density at radius 1 is 1.40 bits per heavy atom. The molecule has 0 saturated heterocycles. The van der Waals surface area contributed by atoms with Crippen LogP contribution in [0.4, 0.5) is 0 Å². The summed E-state index contributed by atoms with van der Waals surface area (Å²) >= 11 is 0. The van der Waals surface area contributed by atoms with Gasteiger partial charge in [-0.05, 0) is 18.7 Å². The molecule has 0 aliphatic rings. The highest BCUT2D eigenvalue weighted by atomic mass is 28.4. The van der Waals surface area contributed by atoms with E-state index >= 15 is 0 Å². The van der Waals surface area contributed by atoms with E-state index in [4.69, 9.17) is 8.85 Å². The molecule has 0 spiro atoms. The SMILES string of the molecule is C=Cc1ccccc1O[Si](C)(CC)OC. The van der Waals surface area contributed by atoms with Crippen LogP contribution in [0.2, 0.25) is 12.6 Å². The van der Waals surface area contributed by atoms with Crippen molar-refractivity contribution in [1.82, 2.24) is 0 Å². The fraction of sp³-hybridized carbons (Fsp3) is 0.333. The molecular formula is C12H18O2Si. The van der Waals surface area contributed by atoms with Crippen molar-refractivity contribution in [3.05, 3.63) is 36.4 Å². The summed E-state index contributed by atoms with van der Waals surface area (Å²) < 4.78 is 11.4. The Balaban J connectivity index is 2.92. The second kappa shape index (κ2) is 5.14. The molecule has 1 atom stereocenters. The van der Waals surface area contributed by atoms with E-state index in [1.165, 1.54) is 0 Å². The van der Waals surface area contributed by atoms with Crippen LogP contribution in [0.1, 0.15) is 12.5 Å². The smallest absolute Gasteiger partial charge is 0.395 e. The summed E-state index contributed by atoms with van der Waals surface area (Å²) in [6.07, 6.45) is 1.80. The van der Waals surface area contributed by atoms with E-state index in [0.29, 0.717) is 0 Å². The molecule has 0 amide bonds. The maximum atomic E-state index is 5.97. The molecule has 0 aliphatic carbocycles. The van der Waals surface area contributed by atoms with Gasteiger partial charge in [0.25, 0.3) is 0 Å². The molecule has 0 bridgehead atoms. The van der Waals surface area contributed by atoms with E-state index < -0.39 is 8.56 Å². The Morgan fingerprint density at radius 3 is 2.60 bits per heavy atom. The molecule has 0 fully saturated rings. The number of hydrogen-bond acceptors (Lipinski definition) is 2. The van der Waals surface area contributed by atoms with Crippen LogP contribution < -0.4 is 4.43 Å². The molecule has 0 radical (unpaired) electrons. The number of rotatable bonds is 5. The first kappa shape index (κ1) is 12.0. The van der Waals surface area contributed by atoms with Gasteiger partial charge in [-0.15, -0.1) is 0 Å². The van der Waals surface area contributed by atoms with Crippen molar-refractivity contribution in [2.45, 2.75) is 19.5 Å². The van der Waals surface area contributed by atoms with Crippen LogP contribution >= 0.6 is 0 Å². The monoisotopic (exact) mass is 222 g/mol. The first-order chi connectivity index (χ1) is 7.15. The number of para-hydroxylation sites is 1. The van der Waals surface area contributed by atoms with Gasteiger partial charge < -0.3 is 8.85 Å². The first-order valence-corrected chi connectivity index (χ1v) is 7.63. The Hall–Kier alpha value is -1.06. The maximum absolute atomic E-state index is 5.97. The minimum Gasteiger partial charge on any atom is -0.520 e. The van der Waals surface area contributed by atoms with Crippen molar-refractivity contribution in [3.8, 4) is 5.75 Å². The lowest BCUT2D eigenvalue weighted by molar-refractivity contribution is 0.306. The van der Waals surface area contributed by atoms with Crippen LogP contribution in [-0.4, -0.2) is 15.7 Å². The number of benzene rings is 1. The molecule has 1 aromatic rings. The van der Waals surface area contributed by atoms with Gasteiger partial charge in [0.05, 0.1) is 0 Å². The van der Waals surface area contributed by atoms with Crippen LogP contribution in [0.3, 0.4) is 0 Å². The van der Waals surface area contributed by atoms with E-state index in [9.17, 15) is 0 Å². The molecule has 3 heteroatoms. The van der Waals surface area contributed by atoms with Crippen molar-refractivity contribution in [2.75, 3.05) is 7.11 Å². The minimum atomic E-state index is -2.03. The van der Waals surface area contributed by atoms with Crippen molar-refractivity contribution in [2.24, 2.45) is 0 Å². The van der Waals surface area contributed by atoms with E-state index in [1.807, 2.05) is 24.3 Å². The molecule has 0 heterocycles. The zero-order chi connectivity index (χ0) is 11.3. The zero-order valence-electron chi connectivity index (χ0n) is 9.62. The Morgan fingerprint density at radius 2 is 2.07 bits per heavy atom. The molecule has 1 aromatic carbocycles. The van der Waals surface area contributed by atoms with E-state index in [0.717, 1.165) is 17.4 Å².